The van der Waals surface area contributed by atoms with Crippen LogP contribution in [0.3, 0.4) is 0 Å². The first-order valence-electron chi connectivity index (χ1n) is 10.2. The number of imide groups is 1. The number of pyridine rings is 1. The summed E-state index contributed by atoms with van der Waals surface area (Å²) >= 11 is 6.76. The van der Waals surface area contributed by atoms with Gasteiger partial charge in [-0.3, -0.25) is 14.9 Å². The minimum Gasteiger partial charge on any atom is -0.367 e. The number of carbonyl (C=O) groups excluding carboxylic acids is 2. The summed E-state index contributed by atoms with van der Waals surface area (Å²) < 4.78 is 2.03. The van der Waals surface area contributed by atoms with Crippen molar-refractivity contribution in [2.45, 2.75) is 18.8 Å². The number of carbonyl (C=O) groups is 2. The molecule has 0 saturated carbocycles. The molecule has 7 nitrogen and oxygen atoms in total. The molecule has 2 aliphatic heterocycles. The van der Waals surface area contributed by atoms with Crippen molar-refractivity contribution in [3.05, 3.63) is 59.5 Å². The summed E-state index contributed by atoms with van der Waals surface area (Å²) in [7, 11) is 0. The van der Waals surface area contributed by atoms with E-state index in [4.69, 9.17) is 11.6 Å². The Hall–Kier alpha value is -3.06. The number of nitrogens with zero attached hydrogens (tertiary/aromatic N) is 4. The van der Waals surface area contributed by atoms with Crippen molar-refractivity contribution in [3.8, 4) is 0 Å². The van der Waals surface area contributed by atoms with Gasteiger partial charge in [0, 0.05) is 51.2 Å². The molecule has 2 saturated heterocycles. The molecule has 2 aliphatic rings. The molecular weight excluding hydrogens is 402 g/mol. The Morgan fingerprint density at radius 2 is 1.70 bits per heavy atom. The summed E-state index contributed by atoms with van der Waals surface area (Å²) in [6.45, 7) is 3.34. The largest absolute Gasteiger partial charge is 0.367 e. The zero-order chi connectivity index (χ0) is 20.7. The van der Waals surface area contributed by atoms with E-state index in [1.54, 1.807) is 0 Å². The fraction of sp³-hybridized carbons (Fsp3) is 0.318. The molecule has 0 aliphatic carbocycles. The van der Waals surface area contributed by atoms with E-state index in [9.17, 15) is 9.59 Å². The van der Waals surface area contributed by atoms with Gasteiger partial charge in [0.25, 0.3) is 0 Å². The number of piperazine rings is 1. The van der Waals surface area contributed by atoms with Gasteiger partial charge in [-0.15, -0.1) is 0 Å². The number of nitrogens with one attached hydrogen (secondary N) is 1. The predicted octanol–water partition coefficient (Wildman–Crippen LogP) is 2.83. The molecule has 5 rings (SSSR count). The minimum absolute atomic E-state index is 0.216. The minimum atomic E-state index is -0.380. The van der Waals surface area contributed by atoms with Crippen LogP contribution in [0.2, 0.25) is 5.02 Å². The number of imidazole rings is 1. The van der Waals surface area contributed by atoms with Gasteiger partial charge in [0.2, 0.25) is 11.8 Å². The van der Waals surface area contributed by atoms with E-state index < -0.39 is 0 Å². The van der Waals surface area contributed by atoms with Crippen LogP contribution in [0.5, 0.6) is 0 Å². The molecular formula is C22H22ClN5O2. The van der Waals surface area contributed by atoms with Crippen LogP contribution in [-0.4, -0.2) is 47.4 Å². The van der Waals surface area contributed by atoms with E-state index in [-0.39, 0.29) is 17.7 Å². The lowest BCUT2D eigenvalue weighted by Crippen LogP contribution is -2.47. The fourth-order valence-electron chi connectivity index (χ4n) is 4.41. The van der Waals surface area contributed by atoms with E-state index in [1.165, 1.54) is 0 Å². The molecule has 0 spiro atoms. The lowest BCUT2D eigenvalue weighted by Gasteiger charge is -2.38. The summed E-state index contributed by atoms with van der Waals surface area (Å²) in [6.07, 6.45) is 6.61. The highest BCUT2D eigenvalue weighted by molar-refractivity contribution is 6.34. The Bertz CT molecular complexity index is 1120. The van der Waals surface area contributed by atoms with E-state index in [2.05, 4.69) is 26.2 Å². The normalized spacial score (nSPS) is 20.0. The summed E-state index contributed by atoms with van der Waals surface area (Å²) in [4.78, 5) is 32.9. The van der Waals surface area contributed by atoms with Crippen LogP contribution in [0.15, 0.2) is 48.9 Å². The second kappa shape index (κ2) is 7.65. The first-order valence-corrected chi connectivity index (χ1v) is 10.5. The van der Waals surface area contributed by atoms with Crippen LogP contribution in [0.1, 0.15) is 24.3 Å². The molecule has 30 heavy (non-hydrogen) atoms. The monoisotopic (exact) mass is 423 g/mol. The lowest BCUT2D eigenvalue weighted by molar-refractivity contribution is -0.134. The lowest BCUT2D eigenvalue weighted by atomic mass is 9.90. The van der Waals surface area contributed by atoms with Gasteiger partial charge in [0.05, 0.1) is 22.3 Å². The average molecular weight is 424 g/mol. The number of halogens is 1. The van der Waals surface area contributed by atoms with Crippen molar-refractivity contribution in [2.75, 3.05) is 36.0 Å². The number of amides is 2. The topological polar surface area (TPSA) is 70.0 Å². The smallest absolute Gasteiger partial charge is 0.234 e. The third kappa shape index (κ3) is 3.29. The van der Waals surface area contributed by atoms with E-state index in [0.29, 0.717) is 17.9 Å². The van der Waals surface area contributed by atoms with Crippen molar-refractivity contribution in [3.63, 3.8) is 0 Å². The summed E-state index contributed by atoms with van der Waals surface area (Å²) in [5, 5.41) is 3.03. The fourth-order valence-corrected chi connectivity index (χ4v) is 4.79. The summed E-state index contributed by atoms with van der Waals surface area (Å²) in [6, 6.07) is 9.98. The van der Waals surface area contributed by atoms with Gasteiger partial charge in [-0.1, -0.05) is 23.7 Å². The second-order valence-corrected chi connectivity index (χ2v) is 8.09. The maximum absolute atomic E-state index is 12.3. The van der Waals surface area contributed by atoms with E-state index in [1.807, 2.05) is 47.3 Å². The average Bonchev–Trinajstić information content (AvgIpc) is 3.24. The standard InChI is InChI=1S/C22H22ClN5O2/c23-20-15(16-6-7-19(29)25-22(16)30)3-1-4-17(20)26-11-13-27(14-12-26)18-5-2-9-28-10-8-24-21(18)28/h1-5,8-10,16H,6-7,11-14H2,(H,25,29,30). The van der Waals surface area contributed by atoms with Crippen LogP contribution in [0, 0.1) is 0 Å². The highest BCUT2D eigenvalue weighted by Gasteiger charge is 2.31. The van der Waals surface area contributed by atoms with Crippen molar-refractivity contribution >= 4 is 40.4 Å². The number of rotatable bonds is 3. The quantitative estimate of drug-likeness (QED) is 0.656. The summed E-state index contributed by atoms with van der Waals surface area (Å²) in [5.41, 5.74) is 3.83. The van der Waals surface area contributed by atoms with Gasteiger partial charge in [-0.05, 0) is 30.2 Å². The van der Waals surface area contributed by atoms with Gasteiger partial charge in [-0.2, -0.15) is 0 Å². The second-order valence-electron chi connectivity index (χ2n) is 7.71. The number of hydrogen-bond donors (Lipinski definition) is 1. The number of anilines is 2. The molecule has 0 bridgehead atoms. The Morgan fingerprint density at radius 1 is 0.967 bits per heavy atom. The van der Waals surface area contributed by atoms with Crippen molar-refractivity contribution in [1.82, 2.24) is 14.7 Å². The molecule has 2 amide bonds. The number of hydrogen-bond acceptors (Lipinski definition) is 5. The van der Waals surface area contributed by atoms with E-state index >= 15 is 0 Å². The predicted molar refractivity (Wildman–Crippen MR) is 116 cm³/mol. The molecule has 1 N–H and O–H groups in total. The van der Waals surface area contributed by atoms with Gasteiger partial charge in [-0.25, -0.2) is 4.98 Å². The number of benzene rings is 1. The van der Waals surface area contributed by atoms with E-state index in [0.717, 1.165) is 48.8 Å². The first kappa shape index (κ1) is 18.9. The SMILES string of the molecule is O=C1CCC(c2cccc(N3CCN(c4cccn5ccnc45)CC3)c2Cl)C(=O)N1. The molecule has 2 fully saturated rings. The molecule has 1 unspecified atom stereocenters. The Kier molecular flexibility index (Phi) is 4.83. The van der Waals surface area contributed by atoms with Gasteiger partial charge in [0.1, 0.15) is 0 Å². The van der Waals surface area contributed by atoms with Gasteiger partial charge in [0.15, 0.2) is 5.65 Å². The van der Waals surface area contributed by atoms with Crippen LogP contribution in [0.25, 0.3) is 5.65 Å². The third-order valence-electron chi connectivity index (χ3n) is 5.98. The van der Waals surface area contributed by atoms with Crippen LogP contribution in [0.4, 0.5) is 11.4 Å². The van der Waals surface area contributed by atoms with Crippen LogP contribution in [-0.2, 0) is 9.59 Å². The van der Waals surface area contributed by atoms with Crippen LogP contribution < -0.4 is 15.1 Å². The maximum atomic E-state index is 12.3. The molecule has 8 heteroatoms. The number of piperidine rings is 1. The number of fused-ring (bicyclic) bond motifs is 1. The Balaban J connectivity index is 1.35. The molecule has 154 valence electrons. The zero-order valence-corrected chi connectivity index (χ0v) is 17.2. The molecule has 1 atom stereocenters. The van der Waals surface area contributed by atoms with Crippen molar-refractivity contribution in [2.24, 2.45) is 0 Å². The van der Waals surface area contributed by atoms with Gasteiger partial charge < -0.3 is 14.2 Å². The summed E-state index contributed by atoms with van der Waals surface area (Å²) in [5.74, 6) is -0.857. The highest BCUT2D eigenvalue weighted by Crippen LogP contribution is 2.37. The molecule has 3 aromatic rings. The van der Waals surface area contributed by atoms with Crippen molar-refractivity contribution in [1.29, 1.82) is 0 Å². The first-order chi connectivity index (χ1) is 14.6. The zero-order valence-electron chi connectivity index (χ0n) is 16.4. The Labute approximate surface area is 179 Å². The maximum Gasteiger partial charge on any atom is 0.234 e. The third-order valence-corrected chi connectivity index (χ3v) is 6.39. The molecule has 1 aromatic carbocycles. The molecule has 2 aromatic heterocycles. The number of aromatic nitrogens is 2. The van der Waals surface area contributed by atoms with Crippen LogP contribution >= 0.6 is 11.6 Å². The van der Waals surface area contributed by atoms with Gasteiger partial charge >= 0.3 is 0 Å². The van der Waals surface area contributed by atoms with Crippen molar-refractivity contribution < 1.29 is 9.59 Å². The molecule has 4 heterocycles. The Morgan fingerprint density at radius 3 is 2.47 bits per heavy atom. The highest BCUT2D eigenvalue weighted by atomic mass is 35.5. The molecule has 0 radical (unpaired) electrons.